The Balaban J connectivity index is 2.22. The van der Waals surface area contributed by atoms with E-state index in [0.717, 1.165) is 0 Å². The third-order valence-electron chi connectivity index (χ3n) is 2.21. The smallest absolute Gasteiger partial charge is 0.236 e. The molecule has 0 bridgehead atoms. The summed E-state index contributed by atoms with van der Waals surface area (Å²) in [5.41, 5.74) is 10.9. The van der Waals surface area contributed by atoms with Crippen molar-refractivity contribution in [1.82, 2.24) is 20.8 Å². The predicted molar refractivity (Wildman–Crippen MR) is 48.9 cm³/mol. The SMILES string of the molecule is NC(=O)C1NNCC1c1ncccn1. The summed E-state index contributed by atoms with van der Waals surface area (Å²) in [4.78, 5) is 19.2. The first-order valence-electron chi connectivity index (χ1n) is 4.33. The summed E-state index contributed by atoms with van der Waals surface area (Å²) in [6, 6.07) is 1.30. The van der Waals surface area contributed by atoms with Crippen LogP contribution in [0.1, 0.15) is 11.7 Å². The Morgan fingerprint density at radius 1 is 1.50 bits per heavy atom. The largest absolute Gasteiger partial charge is 0.368 e. The third-order valence-corrected chi connectivity index (χ3v) is 2.21. The van der Waals surface area contributed by atoms with Gasteiger partial charge in [0.1, 0.15) is 11.9 Å². The van der Waals surface area contributed by atoms with Gasteiger partial charge in [-0.3, -0.25) is 10.2 Å². The van der Waals surface area contributed by atoms with Crippen LogP contribution in [0.4, 0.5) is 0 Å². The molecule has 1 aromatic heterocycles. The summed E-state index contributed by atoms with van der Waals surface area (Å²) in [5, 5.41) is 0. The van der Waals surface area contributed by atoms with Crippen LogP contribution in [0, 0.1) is 0 Å². The first-order chi connectivity index (χ1) is 6.79. The van der Waals surface area contributed by atoms with Gasteiger partial charge in [-0.15, -0.1) is 0 Å². The molecule has 74 valence electrons. The van der Waals surface area contributed by atoms with Gasteiger partial charge in [0.25, 0.3) is 0 Å². The Morgan fingerprint density at radius 2 is 2.21 bits per heavy atom. The number of hydrogen-bond donors (Lipinski definition) is 3. The van der Waals surface area contributed by atoms with E-state index in [9.17, 15) is 4.79 Å². The fraction of sp³-hybridized carbons (Fsp3) is 0.375. The average Bonchev–Trinajstić information content (AvgIpc) is 2.67. The number of primary amides is 1. The highest BCUT2D eigenvalue weighted by Gasteiger charge is 2.34. The summed E-state index contributed by atoms with van der Waals surface area (Å²) >= 11 is 0. The lowest BCUT2D eigenvalue weighted by molar-refractivity contribution is -0.120. The van der Waals surface area contributed by atoms with Crippen LogP contribution in [0.2, 0.25) is 0 Å². The average molecular weight is 193 g/mol. The Labute approximate surface area is 80.9 Å². The molecule has 4 N–H and O–H groups in total. The number of carbonyl (C=O) groups is 1. The Bertz CT molecular complexity index is 328. The summed E-state index contributed by atoms with van der Waals surface area (Å²) in [7, 11) is 0. The predicted octanol–water partition coefficient (Wildman–Crippen LogP) is -1.48. The van der Waals surface area contributed by atoms with E-state index in [1.165, 1.54) is 0 Å². The summed E-state index contributed by atoms with van der Waals surface area (Å²) in [5.74, 6) is 0.148. The van der Waals surface area contributed by atoms with Crippen molar-refractivity contribution in [2.75, 3.05) is 6.54 Å². The molecule has 2 heterocycles. The molecular weight excluding hydrogens is 182 g/mol. The number of nitrogens with two attached hydrogens (primary N) is 1. The number of hydrazine groups is 1. The van der Waals surface area contributed by atoms with Gasteiger partial charge in [0.2, 0.25) is 5.91 Å². The van der Waals surface area contributed by atoms with Gasteiger partial charge in [-0.2, -0.15) is 0 Å². The van der Waals surface area contributed by atoms with Crippen LogP contribution in [0.5, 0.6) is 0 Å². The molecule has 1 saturated heterocycles. The molecule has 1 aliphatic heterocycles. The minimum absolute atomic E-state index is 0.0892. The summed E-state index contributed by atoms with van der Waals surface area (Å²) in [6.45, 7) is 0.609. The van der Waals surface area contributed by atoms with E-state index < -0.39 is 11.9 Å². The van der Waals surface area contributed by atoms with E-state index in [2.05, 4.69) is 20.8 Å². The number of rotatable bonds is 2. The lowest BCUT2D eigenvalue weighted by atomic mass is 10.0. The van der Waals surface area contributed by atoms with Crippen LogP contribution in [-0.4, -0.2) is 28.5 Å². The zero-order chi connectivity index (χ0) is 9.97. The molecule has 0 radical (unpaired) electrons. The van der Waals surface area contributed by atoms with Crippen LogP contribution in [0.25, 0.3) is 0 Å². The van der Waals surface area contributed by atoms with Gasteiger partial charge in [-0.25, -0.2) is 15.4 Å². The molecule has 0 saturated carbocycles. The molecule has 2 rings (SSSR count). The number of nitrogens with one attached hydrogen (secondary N) is 2. The monoisotopic (exact) mass is 193 g/mol. The van der Waals surface area contributed by atoms with Crippen molar-refractivity contribution in [1.29, 1.82) is 0 Å². The van der Waals surface area contributed by atoms with Crippen molar-refractivity contribution in [3.05, 3.63) is 24.3 Å². The molecule has 0 spiro atoms. The van der Waals surface area contributed by atoms with Gasteiger partial charge < -0.3 is 5.73 Å². The van der Waals surface area contributed by atoms with Crippen molar-refractivity contribution in [3.63, 3.8) is 0 Å². The standard InChI is InChI=1S/C8H11N5O/c9-7(14)6-5(4-12-13-6)8-10-2-1-3-11-8/h1-3,5-6,12-13H,4H2,(H2,9,14). The zero-order valence-corrected chi connectivity index (χ0v) is 7.47. The molecule has 6 nitrogen and oxygen atoms in total. The highest BCUT2D eigenvalue weighted by molar-refractivity contribution is 5.81. The molecule has 0 aliphatic carbocycles. The molecule has 1 aliphatic rings. The van der Waals surface area contributed by atoms with Gasteiger partial charge in [-0.1, -0.05) is 0 Å². The van der Waals surface area contributed by atoms with E-state index in [0.29, 0.717) is 12.4 Å². The van der Waals surface area contributed by atoms with Gasteiger partial charge in [0, 0.05) is 18.9 Å². The Morgan fingerprint density at radius 3 is 2.86 bits per heavy atom. The van der Waals surface area contributed by atoms with Crippen LogP contribution in [0.15, 0.2) is 18.5 Å². The minimum Gasteiger partial charge on any atom is -0.368 e. The second-order valence-corrected chi connectivity index (χ2v) is 3.12. The van der Waals surface area contributed by atoms with E-state index in [4.69, 9.17) is 5.73 Å². The molecule has 6 heteroatoms. The van der Waals surface area contributed by atoms with E-state index in [-0.39, 0.29) is 5.92 Å². The van der Waals surface area contributed by atoms with Gasteiger partial charge in [0.15, 0.2) is 0 Å². The second kappa shape index (κ2) is 3.69. The summed E-state index contributed by atoms with van der Waals surface area (Å²) in [6.07, 6.45) is 3.30. The van der Waals surface area contributed by atoms with Crippen molar-refractivity contribution < 1.29 is 4.79 Å². The number of amides is 1. The van der Waals surface area contributed by atoms with E-state index in [1.807, 2.05) is 0 Å². The second-order valence-electron chi connectivity index (χ2n) is 3.12. The van der Waals surface area contributed by atoms with Crippen LogP contribution in [-0.2, 0) is 4.79 Å². The van der Waals surface area contributed by atoms with Gasteiger partial charge >= 0.3 is 0 Å². The molecular formula is C8H11N5O. The van der Waals surface area contributed by atoms with E-state index >= 15 is 0 Å². The van der Waals surface area contributed by atoms with Crippen LogP contribution in [0.3, 0.4) is 0 Å². The Kier molecular flexibility index (Phi) is 2.38. The highest BCUT2D eigenvalue weighted by atomic mass is 16.1. The molecule has 0 aromatic carbocycles. The summed E-state index contributed by atoms with van der Waals surface area (Å²) < 4.78 is 0. The molecule has 1 aromatic rings. The van der Waals surface area contributed by atoms with Crippen molar-refractivity contribution in [2.24, 2.45) is 5.73 Å². The number of nitrogens with zero attached hydrogens (tertiary/aromatic N) is 2. The molecule has 2 unspecified atom stereocenters. The van der Waals surface area contributed by atoms with Gasteiger partial charge in [0.05, 0.1) is 5.92 Å². The Hall–Kier alpha value is -1.53. The van der Waals surface area contributed by atoms with Crippen molar-refractivity contribution in [2.45, 2.75) is 12.0 Å². The molecule has 14 heavy (non-hydrogen) atoms. The molecule has 1 fully saturated rings. The first-order valence-corrected chi connectivity index (χ1v) is 4.33. The number of aromatic nitrogens is 2. The normalized spacial score (nSPS) is 26.3. The van der Waals surface area contributed by atoms with Crippen LogP contribution < -0.4 is 16.6 Å². The van der Waals surface area contributed by atoms with Crippen LogP contribution >= 0.6 is 0 Å². The maximum Gasteiger partial charge on any atom is 0.236 e. The maximum absolute atomic E-state index is 11.0. The van der Waals surface area contributed by atoms with E-state index in [1.54, 1.807) is 18.5 Å². The fourth-order valence-electron chi connectivity index (χ4n) is 1.51. The first kappa shape index (κ1) is 9.04. The zero-order valence-electron chi connectivity index (χ0n) is 7.47. The third kappa shape index (κ3) is 1.57. The topological polar surface area (TPSA) is 92.9 Å². The maximum atomic E-state index is 11.0. The molecule has 2 atom stereocenters. The lowest BCUT2D eigenvalue weighted by Gasteiger charge is -2.12. The van der Waals surface area contributed by atoms with Gasteiger partial charge in [-0.05, 0) is 6.07 Å². The minimum atomic E-state index is -0.433. The number of carbonyl (C=O) groups excluding carboxylic acids is 1. The molecule has 1 amide bonds. The lowest BCUT2D eigenvalue weighted by Crippen LogP contribution is -2.42. The number of hydrogen-bond acceptors (Lipinski definition) is 5. The fourth-order valence-corrected chi connectivity index (χ4v) is 1.51. The quantitative estimate of drug-likeness (QED) is 0.532. The van der Waals surface area contributed by atoms with Crippen molar-refractivity contribution >= 4 is 5.91 Å². The highest BCUT2D eigenvalue weighted by Crippen LogP contribution is 2.17. The van der Waals surface area contributed by atoms with Crippen molar-refractivity contribution in [3.8, 4) is 0 Å².